The molecule has 3 rings (SSSR count). The number of halogens is 2. The van der Waals surface area contributed by atoms with Gasteiger partial charge in [-0.25, -0.2) is 22.7 Å². The Morgan fingerprint density at radius 3 is 2.66 bits per heavy atom. The van der Waals surface area contributed by atoms with Crippen molar-refractivity contribution < 1.29 is 28.0 Å². The largest absolute Gasteiger partial charge is 0.459 e. The van der Waals surface area contributed by atoms with E-state index in [1.807, 2.05) is 28.6 Å². The molecule has 1 fully saturated rings. The van der Waals surface area contributed by atoms with Crippen LogP contribution in [0.15, 0.2) is 42.7 Å². The van der Waals surface area contributed by atoms with Crippen LogP contribution in [0.4, 0.5) is 8.78 Å². The highest BCUT2D eigenvalue weighted by Gasteiger charge is 2.54. The molecule has 1 aliphatic carbocycles. The normalized spacial score (nSPS) is 20.6. The van der Waals surface area contributed by atoms with Crippen LogP contribution in [0.3, 0.4) is 0 Å². The zero-order chi connectivity index (χ0) is 21.2. The minimum atomic E-state index is -2.88. The number of carbonyl (C=O) groups excluding carboxylic acids is 1. The van der Waals surface area contributed by atoms with E-state index in [1.165, 1.54) is 0 Å². The quantitative estimate of drug-likeness (QED) is 0.566. The van der Waals surface area contributed by atoms with Gasteiger partial charge in [-0.2, -0.15) is 0 Å². The second-order valence-corrected chi connectivity index (χ2v) is 8.18. The molecule has 0 bridgehead atoms. The Labute approximate surface area is 169 Å². The third-order valence-corrected chi connectivity index (χ3v) is 5.73. The Morgan fingerprint density at radius 1 is 1.38 bits per heavy atom. The molecule has 2 aromatic rings. The third-order valence-electron chi connectivity index (χ3n) is 5.73. The molecule has 1 N–H and O–H groups in total. The lowest BCUT2D eigenvalue weighted by atomic mass is 9.80. The second-order valence-electron chi connectivity index (χ2n) is 8.18. The monoisotopic (exact) mass is 407 g/mol. The summed E-state index contributed by atoms with van der Waals surface area (Å²) in [6, 6.07) is 8.27. The first-order valence-electron chi connectivity index (χ1n) is 10.0. The van der Waals surface area contributed by atoms with E-state index < -0.39 is 29.8 Å². The molecular weight excluding hydrogens is 378 g/mol. The zero-order valence-electron chi connectivity index (χ0n) is 17.1. The summed E-state index contributed by atoms with van der Waals surface area (Å²) in [7, 11) is 1.95. The molecule has 0 aliphatic heterocycles. The number of aryl methyl sites for hydroxylation is 1. The molecular formula is C22H29F2N2O3+. The van der Waals surface area contributed by atoms with E-state index in [0.29, 0.717) is 12.1 Å². The lowest BCUT2D eigenvalue weighted by Crippen LogP contribution is -2.44. The van der Waals surface area contributed by atoms with Crippen molar-refractivity contribution in [1.29, 1.82) is 0 Å². The molecule has 29 heavy (non-hydrogen) atoms. The van der Waals surface area contributed by atoms with Crippen molar-refractivity contribution in [2.45, 2.75) is 57.1 Å². The summed E-state index contributed by atoms with van der Waals surface area (Å²) >= 11 is 0. The van der Waals surface area contributed by atoms with E-state index in [9.17, 15) is 18.7 Å². The SMILES string of the molecule is CC(C)c1n(CCOC(=O)[C@](O)(c2ccccc2)[C@@H]2CCC(F)(F)C2)cc[n+]1C. The van der Waals surface area contributed by atoms with Crippen LogP contribution < -0.4 is 4.57 Å². The predicted molar refractivity (Wildman–Crippen MR) is 103 cm³/mol. The summed E-state index contributed by atoms with van der Waals surface area (Å²) in [5.41, 5.74) is -1.79. The van der Waals surface area contributed by atoms with E-state index in [4.69, 9.17) is 4.74 Å². The van der Waals surface area contributed by atoms with E-state index in [-0.39, 0.29) is 25.4 Å². The number of imidazole rings is 1. The van der Waals surface area contributed by atoms with E-state index in [0.717, 1.165) is 5.82 Å². The van der Waals surface area contributed by atoms with E-state index in [1.54, 1.807) is 30.3 Å². The van der Waals surface area contributed by atoms with Gasteiger partial charge in [-0.3, -0.25) is 0 Å². The van der Waals surface area contributed by atoms with Crippen molar-refractivity contribution in [3.8, 4) is 0 Å². The first-order chi connectivity index (χ1) is 13.6. The van der Waals surface area contributed by atoms with Crippen LogP contribution in [0.1, 0.15) is 50.4 Å². The first-order valence-corrected chi connectivity index (χ1v) is 10.0. The molecule has 1 aromatic heterocycles. The highest BCUT2D eigenvalue weighted by Crippen LogP contribution is 2.47. The number of hydrogen-bond acceptors (Lipinski definition) is 3. The fourth-order valence-electron chi connectivity index (χ4n) is 4.33. The molecule has 1 aliphatic rings. The van der Waals surface area contributed by atoms with Gasteiger partial charge in [0.15, 0.2) is 5.60 Å². The first kappa shape index (κ1) is 21.4. The maximum atomic E-state index is 13.8. The zero-order valence-corrected chi connectivity index (χ0v) is 17.1. The number of aliphatic hydroxyl groups is 1. The van der Waals surface area contributed by atoms with Gasteiger partial charge in [0, 0.05) is 18.8 Å². The van der Waals surface area contributed by atoms with Crippen molar-refractivity contribution in [3.05, 3.63) is 54.1 Å². The van der Waals surface area contributed by atoms with Crippen molar-refractivity contribution >= 4 is 5.97 Å². The fraction of sp³-hybridized carbons (Fsp3) is 0.545. The number of benzene rings is 1. The highest BCUT2D eigenvalue weighted by molar-refractivity contribution is 5.81. The van der Waals surface area contributed by atoms with Crippen molar-refractivity contribution in [2.75, 3.05) is 6.61 Å². The smallest absolute Gasteiger partial charge is 0.343 e. The van der Waals surface area contributed by atoms with Crippen molar-refractivity contribution in [3.63, 3.8) is 0 Å². The number of alkyl halides is 2. The number of ether oxygens (including phenoxy) is 1. The van der Waals surface area contributed by atoms with Gasteiger partial charge in [-0.05, 0) is 12.0 Å². The van der Waals surface area contributed by atoms with Gasteiger partial charge in [0.1, 0.15) is 25.5 Å². The average Bonchev–Trinajstić information content (AvgIpc) is 3.23. The molecule has 1 aromatic carbocycles. The Balaban J connectivity index is 1.76. The van der Waals surface area contributed by atoms with E-state index in [2.05, 4.69) is 13.8 Å². The van der Waals surface area contributed by atoms with Gasteiger partial charge in [0.05, 0.1) is 13.0 Å². The molecule has 158 valence electrons. The van der Waals surface area contributed by atoms with E-state index >= 15 is 0 Å². The molecule has 0 amide bonds. The maximum Gasteiger partial charge on any atom is 0.343 e. The molecule has 0 spiro atoms. The number of esters is 1. The minimum absolute atomic E-state index is 0.0471. The maximum absolute atomic E-state index is 13.8. The summed E-state index contributed by atoms with van der Waals surface area (Å²) < 4.78 is 37.1. The summed E-state index contributed by atoms with van der Waals surface area (Å²) in [6.45, 7) is 4.62. The average molecular weight is 407 g/mol. The predicted octanol–water partition coefficient (Wildman–Crippen LogP) is 3.30. The molecule has 5 nitrogen and oxygen atoms in total. The van der Waals surface area contributed by atoms with Crippen LogP contribution in [-0.4, -0.2) is 28.2 Å². The number of aromatic nitrogens is 2. The van der Waals surface area contributed by atoms with Gasteiger partial charge in [-0.15, -0.1) is 0 Å². The molecule has 2 atom stereocenters. The lowest BCUT2D eigenvalue weighted by Gasteiger charge is -2.32. The number of hydrogen-bond donors (Lipinski definition) is 1. The van der Waals surface area contributed by atoms with Gasteiger partial charge >= 0.3 is 5.97 Å². The standard InChI is InChI=1S/C22H29F2N2O3/c1-16(2)19-25(3)11-12-26(19)13-14-29-20(27)22(28,17-7-5-4-6-8-17)18-9-10-21(23,24)15-18/h4-8,11-12,16,18,28H,9-10,13-15H2,1-3H3/q+1/t18-,22+/m1/s1. The number of rotatable bonds is 7. The molecule has 1 heterocycles. The molecule has 1 saturated carbocycles. The number of nitrogens with zero attached hydrogens (tertiary/aromatic N) is 2. The summed E-state index contributed by atoms with van der Waals surface area (Å²) in [4.78, 5) is 12.9. The number of carbonyl (C=O) groups is 1. The topological polar surface area (TPSA) is 55.3 Å². The second kappa shape index (κ2) is 8.22. The van der Waals surface area contributed by atoms with Gasteiger partial charge in [0.2, 0.25) is 5.92 Å². The van der Waals surface area contributed by atoms with Crippen LogP contribution in [0.25, 0.3) is 0 Å². The Hall–Kier alpha value is -2.28. The summed E-state index contributed by atoms with van der Waals surface area (Å²) in [5, 5.41) is 11.3. The highest BCUT2D eigenvalue weighted by atomic mass is 19.3. The van der Waals surface area contributed by atoms with Crippen LogP contribution in [0.2, 0.25) is 0 Å². The third kappa shape index (κ3) is 4.34. The van der Waals surface area contributed by atoms with Crippen LogP contribution in [0.5, 0.6) is 0 Å². The minimum Gasteiger partial charge on any atom is -0.459 e. The Bertz CT molecular complexity index is 851. The Kier molecular flexibility index (Phi) is 6.08. The molecule has 0 unspecified atom stereocenters. The van der Waals surface area contributed by atoms with Crippen LogP contribution >= 0.6 is 0 Å². The molecule has 0 radical (unpaired) electrons. The van der Waals surface area contributed by atoms with Crippen molar-refractivity contribution in [1.82, 2.24) is 4.57 Å². The molecule has 0 saturated heterocycles. The van der Waals surface area contributed by atoms with Crippen molar-refractivity contribution in [2.24, 2.45) is 13.0 Å². The van der Waals surface area contributed by atoms with Gasteiger partial charge in [-0.1, -0.05) is 44.2 Å². The summed E-state index contributed by atoms with van der Waals surface area (Å²) in [5.74, 6) is -3.26. The van der Waals surface area contributed by atoms with Crippen LogP contribution in [0, 0.1) is 5.92 Å². The summed E-state index contributed by atoms with van der Waals surface area (Å²) in [6.07, 6.45) is 3.04. The van der Waals surface area contributed by atoms with Gasteiger partial charge in [0.25, 0.3) is 5.82 Å². The lowest BCUT2D eigenvalue weighted by molar-refractivity contribution is -0.680. The molecule has 7 heteroatoms. The fourth-order valence-corrected chi connectivity index (χ4v) is 4.33. The van der Waals surface area contributed by atoms with Gasteiger partial charge < -0.3 is 9.84 Å². The Morgan fingerprint density at radius 2 is 2.07 bits per heavy atom. The van der Waals surface area contributed by atoms with Crippen LogP contribution in [-0.2, 0) is 28.7 Å².